The molecule has 0 aromatic heterocycles. The molecule has 2 aromatic rings. The third-order valence-electron chi connectivity index (χ3n) is 5.27. The highest BCUT2D eigenvalue weighted by molar-refractivity contribution is 5.95. The second kappa shape index (κ2) is 9.22. The van der Waals surface area contributed by atoms with Crippen molar-refractivity contribution in [3.05, 3.63) is 75.9 Å². The predicted molar refractivity (Wildman–Crippen MR) is 123 cm³/mol. The quantitative estimate of drug-likeness (QED) is 0.515. The SMILES string of the molecule is C=C(C)c1cc(C)cc(C2=C(c3cc(C)ccc3C)CCC2)c1C.CCC. The fourth-order valence-corrected chi connectivity index (χ4v) is 4.01. The highest BCUT2D eigenvalue weighted by atomic mass is 14.3. The number of benzene rings is 2. The summed E-state index contributed by atoms with van der Waals surface area (Å²) in [6.45, 7) is 19.4. The molecule has 1 aliphatic carbocycles. The first kappa shape index (κ1) is 21.2. The van der Waals surface area contributed by atoms with E-state index < -0.39 is 0 Å². The van der Waals surface area contributed by atoms with Crippen molar-refractivity contribution in [2.45, 2.75) is 74.1 Å². The van der Waals surface area contributed by atoms with Crippen LogP contribution in [0.5, 0.6) is 0 Å². The lowest BCUT2D eigenvalue weighted by Gasteiger charge is -2.17. The van der Waals surface area contributed by atoms with Gasteiger partial charge in [-0.05, 0) is 98.4 Å². The van der Waals surface area contributed by atoms with Crippen molar-refractivity contribution in [2.75, 3.05) is 0 Å². The normalized spacial score (nSPS) is 13.4. The summed E-state index contributed by atoms with van der Waals surface area (Å²) < 4.78 is 0. The zero-order valence-electron chi connectivity index (χ0n) is 18.4. The Hall–Kier alpha value is -2.08. The van der Waals surface area contributed by atoms with Crippen molar-refractivity contribution >= 4 is 16.7 Å². The molecule has 0 nitrogen and oxygen atoms in total. The lowest BCUT2D eigenvalue weighted by Crippen LogP contribution is -1.97. The Labute approximate surface area is 167 Å². The zero-order valence-corrected chi connectivity index (χ0v) is 18.4. The molecule has 0 spiro atoms. The summed E-state index contributed by atoms with van der Waals surface area (Å²) in [7, 11) is 0. The maximum atomic E-state index is 4.18. The second-order valence-electron chi connectivity index (χ2n) is 8.10. The molecule has 144 valence electrons. The summed E-state index contributed by atoms with van der Waals surface area (Å²) in [5, 5.41) is 0. The molecule has 0 fully saturated rings. The molecule has 0 radical (unpaired) electrons. The Morgan fingerprint density at radius 1 is 0.852 bits per heavy atom. The monoisotopic (exact) mass is 360 g/mol. The van der Waals surface area contributed by atoms with E-state index in [1.807, 2.05) is 0 Å². The number of rotatable bonds is 3. The van der Waals surface area contributed by atoms with Crippen LogP contribution in [0.2, 0.25) is 0 Å². The van der Waals surface area contributed by atoms with Crippen molar-refractivity contribution < 1.29 is 0 Å². The minimum absolute atomic E-state index is 1.16. The fourth-order valence-electron chi connectivity index (χ4n) is 4.01. The third-order valence-corrected chi connectivity index (χ3v) is 5.27. The minimum Gasteiger partial charge on any atom is -0.0955 e. The van der Waals surface area contributed by atoms with Crippen LogP contribution >= 0.6 is 0 Å². The number of aryl methyl sites for hydroxylation is 3. The summed E-state index contributed by atoms with van der Waals surface area (Å²) >= 11 is 0. The van der Waals surface area contributed by atoms with Gasteiger partial charge in [-0.15, -0.1) is 0 Å². The van der Waals surface area contributed by atoms with Crippen LogP contribution in [-0.2, 0) is 0 Å². The van der Waals surface area contributed by atoms with Crippen LogP contribution < -0.4 is 0 Å². The molecule has 0 aliphatic heterocycles. The van der Waals surface area contributed by atoms with Crippen molar-refractivity contribution in [3.63, 3.8) is 0 Å². The first-order chi connectivity index (χ1) is 12.8. The van der Waals surface area contributed by atoms with Crippen LogP contribution in [0.1, 0.15) is 85.4 Å². The summed E-state index contributed by atoms with van der Waals surface area (Å²) in [5.41, 5.74) is 13.9. The van der Waals surface area contributed by atoms with Crippen LogP contribution in [-0.4, -0.2) is 0 Å². The van der Waals surface area contributed by atoms with Crippen molar-refractivity contribution in [3.8, 4) is 0 Å². The van der Waals surface area contributed by atoms with Crippen LogP contribution in [0.15, 0.2) is 36.9 Å². The average molecular weight is 361 g/mol. The molecule has 0 bridgehead atoms. The summed E-state index contributed by atoms with van der Waals surface area (Å²) in [6, 6.07) is 11.5. The first-order valence-electron chi connectivity index (χ1n) is 10.4. The van der Waals surface area contributed by atoms with E-state index in [1.54, 1.807) is 11.1 Å². The van der Waals surface area contributed by atoms with E-state index >= 15 is 0 Å². The van der Waals surface area contributed by atoms with Gasteiger partial charge in [-0.3, -0.25) is 0 Å². The van der Waals surface area contributed by atoms with E-state index in [-0.39, 0.29) is 0 Å². The molecule has 1 aliphatic rings. The molecule has 0 amide bonds. The van der Waals surface area contributed by atoms with Gasteiger partial charge >= 0.3 is 0 Å². The molecule has 0 atom stereocenters. The van der Waals surface area contributed by atoms with Crippen molar-refractivity contribution in [1.82, 2.24) is 0 Å². The van der Waals surface area contributed by atoms with Gasteiger partial charge in [0.05, 0.1) is 0 Å². The van der Waals surface area contributed by atoms with Gasteiger partial charge in [-0.2, -0.15) is 0 Å². The van der Waals surface area contributed by atoms with Crippen LogP contribution in [0, 0.1) is 27.7 Å². The van der Waals surface area contributed by atoms with E-state index in [4.69, 9.17) is 0 Å². The number of allylic oxidation sites excluding steroid dienone is 3. The molecular weight excluding hydrogens is 324 g/mol. The lowest BCUT2D eigenvalue weighted by molar-refractivity contribution is 0.940. The van der Waals surface area contributed by atoms with Crippen LogP contribution in [0.25, 0.3) is 16.7 Å². The van der Waals surface area contributed by atoms with Gasteiger partial charge in [0.2, 0.25) is 0 Å². The predicted octanol–water partition coefficient (Wildman–Crippen LogP) is 8.46. The van der Waals surface area contributed by atoms with Gasteiger partial charge in [0, 0.05) is 0 Å². The van der Waals surface area contributed by atoms with E-state index in [1.165, 1.54) is 64.6 Å². The van der Waals surface area contributed by atoms with Gasteiger partial charge in [-0.25, -0.2) is 0 Å². The Morgan fingerprint density at radius 3 is 2.00 bits per heavy atom. The van der Waals surface area contributed by atoms with E-state index in [0.29, 0.717) is 0 Å². The molecule has 0 saturated carbocycles. The second-order valence-corrected chi connectivity index (χ2v) is 8.10. The smallest absolute Gasteiger partial charge is 0.0184 e. The molecule has 0 heteroatoms. The van der Waals surface area contributed by atoms with Gasteiger partial charge in [0.1, 0.15) is 0 Å². The van der Waals surface area contributed by atoms with Gasteiger partial charge < -0.3 is 0 Å². The fraction of sp³-hybridized carbons (Fsp3) is 0.407. The maximum Gasteiger partial charge on any atom is -0.0184 e. The van der Waals surface area contributed by atoms with Crippen LogP contribution in [0.4, 0.5) is 0 Å². The molecule has 0 heterocycles. The summed E-state index contributed by atoms with van der Waals surface area (Å²) in [5.74, 6) is 0. The standard InChI is InChI=1S/C24H28.C3H8/c1-15(2)22-13-17(4)14-24(19(22)6)21-9-7-8-20(21)23-12-16(3)10-11-18(23)5;1-3-2/h10-14H,1,7-9H2,2-6H3;3H2,1-2H3. The van der Waals surface area contributed by atoms with Gasteiger partial charge in [-0.1, -0.05) is 68.3 Å². The molecule has 0 N–H and O–H groups in total. The highest BCUT2D eigenvalue weighted by Gasteiger charge is 2.21. The average Bonchev–Trinajstić information content (AvgIpc) is 3.08. The largest absolute Gasteiger partial charge is 0.0955 e. The van der Waals surface area contributed by atoms with Gasteiger partial charge in [0.25, 0.3) is 0 Å². The molecule has 0 saturated heterocycles. The Kier molecular flexibility index (Phi) is 7.25. The highest BCUT2D eigenvalue weighted by Crippen LogP contribution is 2.43. The molecule has 27 heavy (non-hydrogen) atoms. The first-order valence-corrected chi connectivity index (χ1v) is 10.4. The Morgan fingerprint density at radius 2 is 1.41 bits per heavy atom. The maximum absolute atomic E-state index is 4.18. The molecule has 2 aromatic carbocycles. The summed E-state index contributed by atoms with van der Waals surface area (Å²) in [4.78, 5) is 0. The lowest BCUT2D eigenvalue weighted by atomic mass is 9.87. The minimum atomic E-state index is 1.16. The van der Waals surface area contributed by atoms with E-state index in [2.05, 4.69) is 85.4 Å². The van der Waals surface area contributed by atoms with Crippen LogP contribution in [0.3, 0.4) is 0 Å². The zero-order chi connectivity index (χ0) is 20.1. The summed E-state index contributed by atoms with van der Waals surface area (Å²) in [6.07, 6.45) is 4.88. The number of hydrogen-bond acceptors (Lipinski definition) is 0. The Balaban J connectivity index is 0.000000817. The molecule has 0 unspecified atom stereocenters. The Bertz CT molecular complexity index is 862. The van der Waals surface area contributed by atoms with E-state index in [9.17, 15) is 0 Å². The van der Waals surface area contributed by atoms with Crippen molar-refractivity contribution in [1.29, 1.82) is 0 Å². The van der Waals surface area contributed by atoms with E-state index in [0.717, 1.165) is 5.57 Å². The topological polar surface area (TPSA) is 0 Å². The van der Waals surface area contributed by atoms with Crippen molar-refractivity contribution in [2.24, 2.45) is 0 Å². The van der Waals surface area contributed by atoms with Gasteiger partial charge in [0.15, 0.2) is 0 Å². The molecular formula is C27H36. The number of hydrogen-bond donors (Lipinski definition) is 0. The third kappa shape index (κ3) is 4.80. The molecule has 3 rings (SSSR count).